The largest absolute Gasteiger partial charge is 0.481 e. The van der Waals surface area contributed by atoms with E-state index in [2.05, 4.69) is 17.6 Å². The van der Waals surface area contributed by atoms with Gasteiger partial charge in [-0.15, -0.1) is 0 Å². The number of carboxylic acid groups (broad SMARTS) is 1. The number of benzene rings is 1. The molecule has 1 aromatic rings. The number of hydrogen-bond acceptors (Lipinski definition) is 2. The number of carbonyl (C=O) groups is 2. The van der Waals surface area contributed by atoms with Crippen LogP contribution in [0.2, 0.25) is 0 Å². The van der Waals surface area contributed by atoms with Crippen molar-refractivity contribution in [1.29, 1.82) is 0 Å². The van der Waals surface area contributed by atoms with Gasteiger partial charge in [-0.2, -0.15) is 0 Å². The Hall–Kier alpha value is -2.04. The maximum atomic E-state index is 12.0. The van der Waals surface area contributed by atoms with E-state index in [0.29, 0.717) is 0 Å². The first-order valence-corrected chi connectivity index (χ1v) is 7.36. The number of rotatable bonds is 8. The molecule has 0 radical (unpaired) electrons. The topological polar surface area (TPSA) is 78.4 Å². The molecule has 116 valence electrons. The number of amides is 2. The number of hydrogen-bond donors (Lipinski definition) is 3. The number of unbranched alkanes of at least 4 members (excludes halogenated alkanes) is 1. The summed E-state index contributed by atoms with van der Waals surface area (Å²) in [4.78, 5) is 22.9. The van der Waals surface area contributed by atoms with Crippen molar-refractivity contribution in [3.63, 3.8) is 0 Å². The van der Waals surface area contributed by atoms with E-state index in [4.69, 9.17) is 5.11 Å². The fourth-order valence-corrected chi connectivity index (χ4v) is 2.12. The quantitative estimate of drug-likeness (QED) is 0.689. The van der Waals surface area contributed by atoms with Gasteiger partial charge in [-0.1, -0.05) is 50.1 Å². The lowest BCUT2D eigenvalue weighted by Gasteiger charge is -2.20. The Kier molecular flexibility index (Phi) is 7.29. The van der Waals surface area contributed by atoms with E-state index in [0.717, 1.165) is 24.8 Å². The van der Waals surface area contributed by atoms with E-state index >= 15 is 0 Å². The van der Waals surface area contributed by atoms with Crippen LogP contribution in [0.15, 0.2) is 30.3 Å². The van der Waals surface area contributed by atoms with Crippen LogP contribution in [0.25, 0.3) is 0 Å². The van der Waals surface area contributed by atoms with Crippen molar-refractivity contribution in [1.82, 2.24) is 10.6 Å². The van der Waals surface area contributed by atoms with Gasteiger partial charge in [-0.05, 0) is 18.9 Å². The molecule has 2 amide bonds. The Morgan fingerprint density at radius 2 is 1.86 bits per heavy atom. The number of carboxylic acids is 1. The first-order valence-electron chi connectivity index (χ1n) is 7.36. The first-order chi connectivity index (χ1) is 10.0. The minimum atomic E-state index is -0.941. The summed E-state index contributed by atoms with van der Waals surface area (Å²) in [5, 5.41) is 14.6. The van der Waals surface area contributed by atoms with E-state index in [1.807, 2.05) is 37.3 Å². The molecule has 0 spiro atoms. The van der Waals surface area contributed by atoms with Crippen LogP contribution in [0.5, 0.6) is 0 Å². The van der Waals surface area contributed by atoms with Crippen LogP contribution in [0.1, 0.15) is 51.1 Å². The molecule has 0 aliphatic heterocycles. The molecule has 0 aromatic heterocycles. The fraction of sp³-hybridized carbons (Fsp3) is 0.500. The molecule has 0 saturated heterocycles. The summed E-state index contributed by atoms with van der Waals surface area (Å²) in [6.07, 6.45) is 2.91. The molecule has 0 aliphatic carbocycles. The fourth-order valence-electron chi connectivity index (χ4n) is 2.12. The third-order valence-corrected chi connectivity index (χ3v) is 3.25. The first kappa shape index (κ1) is 17.0. The predicted molar refractivity (Wildman–Crippen MR) is 82.1 cm³/mol. The zero-order valence-electron chi connectivity index (χ0n) is 12.6. The zero-order valence-corrected chi connectivity index (χ0v) is 12.6. The second kappa shape index (κ2) is 9.00. The summed E-state index contributed by atoms with van der Waals surface area (Å²) in [6.45, 7) is 4.05. The van der Waals surface area contributed by atoms with Gasteiger partial charge in [0.25, 0.3) is 0 Å². The summed E-state index contributed by atoms with van der Waals surface area (Å²) in [6, 6.07) is 8.36. The molecule has 0 bridgehead atoms. The summed E-state index contributed by atoms with van der Waals surface area (Å²) in [5.74, 6) is -0.941. The van der Waals surface area contributed by atoms with Crippen molar-refractivity contribution in [2.75, 3.05) is 0 Å². The Morgan fingerprint density at radius 1 is 1.19 bits per heavy atom. The molecular weight excluding hydrogens is 268 g/mol. The highest BCUT2D eigenvalue weighted by atomic mass is 16.4. The molecule has 5 heteroatoms. The van der Waals surface area contributed by atoms with Gasteiger partial charge in [0.05, 0.1) is 12.5 Å². The van der Waals surface area contributed by atoms with Crippen molar-refractivity contribution in [2.24, 2.45) is 0 Å². The van der Waals surface area contributed by atoms with Gasteiger partial charge in [0.15, 0.2) is 0 Å². The van der Waals surface area contributed by atoms with Crippen LogP contribution < -0.4 is 10.6 Å². The highest BCUT2D eigenvalue weighted by Gasteiger charge is 2.18. The van der Waals surface area contributed by atoms with Gasteiger partial charge in [0, 0.05) is 6.04 Å². The van der Waals surface area contributed by atoms with Crippen molar-refractivity contribution < 1.29 is 14.7 Å². The monoisotopic (exact) mass is 292 g/mol. The van der Waals surface area contributed by atoms with E-state index in [9.17, 15) is 9.59 Å². The normalized spacial score (nSPS) is 13.2. The minimum Gasteiger partial charge on any atom is -0.481 e. The molecular formula is C16H24N2O3. The lowest BCUT2D eigenvalue weighted by Crippen LogP contribution is -2.42. The SMILES string of the molecule is CCCCC(C)NC(=O)NC(CC(=O)O)c1ccccc1. The number of nitrogens with one attached hydrogen (secondary N) is 2. The Labute approximate surface area is 125 Å². The smallest absolute Gasteiger partial charge is 0.315 e. The molecule has 2 atom stereocenters. The molecule has 2 unspecified atom stereocenters. The van der Waals surface area contributed by atoms with Gasteiger partial charge in [0.1, 0.15) is 0 Å². The highest BCUT2D eigenvalue weighted by molar-refractivity contribution is 5.76. The van der Waals surface area contributed by atoms with Crippen LogP contribution >= 0.6 is 0 Å². The Bertz CT molecular complexity index is 448. The Morgan fingerprint density at radius 3 is 2.43 bits per heavy atom. The molecule has 0 aliphatic rings. The average Bonchev–Trinajstić information content (AvgIpc) is 2.44. The summed E-state index contributed by atoms with van der Waals surface area (Å²) in [5.41, 5.74) is 0.788. The highest BCUT2D eigenvalue weighted by Crippen LogP contribution is 2.16. The summed E-state index contributed by atoms with van der Waals surface area (Å²) in [7, 11) is 0. The summed E-state index contributed by atoms with van der Waals surface area (Å²) >= 11 is 0. The van der Waals surface area contributed by atoms with Gasteiger partial charge >= 0.3 is 12.0 Å². The van der Waals surface area contributed by atoms with Crippen LogP contribution in [0.3, 0.4) is 0 Å². The second-order valence-electron chi connectivity index (χ2n) is 5.22. The van der Waals surface area contributed by atoms with Crippen molar-refractivity contribution in [3.8, 4) is 0 Å². The molecule has 5 nitrogen and oxygen atoms in total. The van der Waals surface area contributed by atoms with Gasteiger partial charge in [-0.3, -0.25) is 4.79 Å². The third kappa shape index (κ3) is 6.79. The van der Waals surface area contributed by atoms with Gasteiger partial charge in [0.2, 0.25) is 0 Å². The zero-order chi connectivity index (χ0) is 15.7. The standard InChI is InChI=1S/C16H24N2O3/c1-3-4-8-12(2)17-16(21)18-14(11-15(19)20)13-9-6-5-7-10-13/h5-7,9-10,12,14H,3-4,8,11H2,1-2H3,(H,19,20)(H2,17,18,21). The molecule has 21 heavy (non-hydrogen) atoms. The Balaban J connectivity index is 2.60. The minimum absolute atomic E-state index is 0.0752. The van der Waals surface area contributed by atoms with Gasteiger partial charge in [-0.25, -0.2) is 4.79 Å². The third-order valence-electron chi connectivity index (χ3n) is 3.25. The van der Waals surface area contributed by atoms with E-state index in [1.54, 1.807) is 0 Å². The lowest BCUT2D eigenvalue weighted by molar-refractivity contribution is -0.137. The molecule has 0 fully saturated rings. The summed E-state index contributed by atoms with van der Waals surface area (Å²) < 4.78 is 0. The van der Waals surface area contributed by atoms with Crippen LogP contribution in [-0.4, -0.2) is 23.1 Å². The molecule has 0 heterocycles. The van der Waals surface area contributed by atoms with Crippen LogP contribution in [0, 0.1) is 0 Å². The lowest BCUT2D eigenvalue weighted by atomic mass is 10.0. The van der Waals surface area contributed by atoms with E-state index < -0.39 is 12.0 Å². The number of aliphatic carboxylic acids is 1. The maximum absolute atomic E-state index is 12.0. The second-order valence-corrected chi connectivity index (χ2v) is 5.22. The maximum Gasteiger partial charge on any atom is 0.315 e. The average molecular weight is 292 g/mol. The molecule has 1 rings (SSSR count). The van der Waals surface area contributed by atoms with Crippen LogP contribution in [0.4, 0.5) is 4.79 Å². The number of carbonyl (C=O) groups excluding carboxylic acids is 1. The van der Waals surface area contributed by atoms with Gasteiger partial charge < -0.3 is 15.7 Å². The van der Waals surface area contributed by atoms with Crippen molar-refractivity contribution >= 4 is 12.0 Å². The van der Waals surface area contributed by atoms with E-state index in [-0.39, 0.29) is 18.5 Å². The molecule has 1 aromatic carbocycles. The van der Waals surface area contributed by atoms with Crippen LogP contribution in [-0.2, 0) is 4.79 Å². The predicted octanol–water partition coefficient (Wildman–Crippen LogP) is 3.08. The molecule has 3 N–H and O–H groups in total. The number of urea groups is 1. The van der Waals surface area contributed by atoms with Crippen molar-refractivity contribution in [3.05, 3.63) is 35.9 Å². The molecule has 0 saturated carbocycles. The van der Waals surface area contributed by atoms with Crippen molar-refractivity contribution in [2.45, 2.75) is 51.6 Å². The van der Waals surface area contributed by atoms with E-state index in [1.165, 1.54) is 0 Å².